The smallest absolute Gasteiger partial charge is 0.0150 e. The van der Waals surface area contributed by atoms with Crippen molar-refractivity contribution >= 4 is 11.6 Å². The molecule has 0 rings (SSSR count). The van der Waals surface area contributed by atoms with Crippen molar-refractivity contribution in [3.63, 3.8) is 0 Å². The van der Waals surface area contributed by atoms with E-state index in [2.05, 4.69) is 6.58 Å². The Labute approximate surface area is 61.5 Å². The number of allylic oxidation sites excluding steroid dienone is 5. The molecule has 0 fully saturated rings. The van der Waals surface area contributed by atoms with E-state index in [0.29, 0.717) is 0 Å². The monoisotopic (exact) mass is 142 g/mol. The lowest BCUT2D eigenvalue weighted by molar-refractivity contribution is 1.55. The summed E-state index contributed by atoms with van der Waals surface area (Å²) in [6.07, 6.45) is 5.62. The van der Waals surface area contributed by atoms with Gasteiger partial charge in [0, 0.05) is 5.03 Å². The second kappa shape index (κ2) is 4.39. The van der Waals surface area contributed by atoms with Crippen molar-refractivity contribution in [3.05, 3.63) is 35.4 Å². The molecule has 0 bridgehead atoms. The maximum atomic E-state index is 5.54. The van der Waals surface area contributed by atoms with Crippen LogP contribution in [0.1, 0.15) is 13.8 Å². The lowest BCUT2D eigenvalue weighted by Crippen LogP contribution is -1.59. The van der Waals surface area contributed by atoms with E-state index >= 15 is 0 Å². The summed E-state index contributed by atoms with van der Waals surface area (Å²) in [6, 6.07) is 0. The Hall–Kier alpha value is -0.490. The second-order valence-electron chi connectivity index (χ2n) is 1.96. The fourth-order valence-corrected chi connectivity index (χ4v) is 0.418. The van der Waals surface area contributed by atoms with Gasteiger partial charge in [-0.1, -0.05) is 35.9 Å². The van der Waals surface area contributed by atoms with Crippen LogP contribution in [0.5, 0.6) is 0 Å². The average Bonchev–Trinajstić information content (AvgIpc) is 1.63. The highest BCUT2D eigenvalue weighted by atomic mass is 35.5. The molecule has 0 aromatic rings. The van der Waals surface area contributed by atoms with E-state index < -0.39 is 0 Å². The first-order chi connectivity index (χ1) is 4.13. The van der Waals surface area contributed by atoms with E-state index in [0.717, 1.165) is 10.6 Å². The largest absolute Gasteiger partial charge is 0.0961 e. The molecule has 0 saturated carbocycles. The van der Waals surface area contributed by atoms with Crippen LogP contribution in [0.2, 0.25) is 0 Å². The Balaban J connectivity index is 3.74. The molecule has 1 heteroatoms. The zero-order valence-electron chi connectivity index (χ0n) is 5.82. The lowest BCUT2D eigenvalue weighted by Gasteiger charge is -1.81. The first-order valence-corrected chi connectivity index (χ1v) is 3.16. The molecule has 0 saturated heterocycles. The molecule has 0 aliphatic rings. The number of hydrogen-bond acceptors (Lipinski definition) is 0. The summed E-state index contributed by atoms with van der Waals surface area (Å²) in [7, 11) is 0. The zero-order valence-corrected chi connectivity index (χ0v) is 6.57. The van der Waals surface area contributed by atoms with E-state index in [1.165, 1.54) is 0 Å². The van der Waals surface area contributed by atoms with Gasteiger partial charge in [0.05, 0.1) is 0 Å². The standard InChI is InChI=1S/C8H11Cl/c1-7(2)5-4-6-8(3)9/h4-6H,1H2,2-3H3/b5-4-,8-6+. The highest BCUT2D eigenvalue weighted by Gasteiger charge is 1.73. The van der Waals surface area contributed by atoms with E-state index in [1.807, 2.05) is 32.1 Å². The van der Waals surface area contributed by atoms with Crippen molar-refractivity contribution in [1.82, 2.24) is 0 Å². The molecule has 0 spiro atoms. The van der Waals surface area contributed by atoms with Crippen LogP contribution in [-0.4, -0.2) is 0 Å². The molecule has 0 radical (unpaired) electrons. The molecule has 0 heterocycles. The van der Waals surface area contributed by atoms with Gasteiger partial charge in [0.2, 0.25) is 0 Å². The predicted molar refractivity (Wildman–Crippen MR) is 43.6 cm³/mol. The van der Waals surface area contributed by atoms with Crippen molar-refractivity contribution in [2.24, 2.45) is 0 Å². The number of hydrogen-bond donors (Lipinski definition) is 0. The first-order valence-electron chi connectivity index (χ1n) is 2.79. The van der Waals surface area contributed by atoms with E-state index in [1.54, 1.807) is 0 Å². The molecule has 0 aliphatic heterocycles. The minimum atomic E-state index is 0.785. The predicted octanol–water partition coefficient (Wildman–Crippen LogP) is 3.26. The van der Waals surface area contributed by atoms with Crippen molar-refractivity contribution in [1.29, 1.82) is 0 Å². The summed E-state index contributed by atoms with van der Waals surface area (Å²) in [5.41, 5.74) is 1.03. The Morgan fingerprint density at radius 3 is 2.33 bits per heavy atom. The van der Waals surface area contributed by atoms with Gasteiger partial charge in [0.1, 0.15) is 0 Å². The lowest BCUT2D eigenvalue weighted by atomic mass is 10.3. The van der Waals surface area contributed by atoms with Crippen molar-refractivity contribution in [2.75, 3.05) is 0 Å². The van der Waals surface area contributed by atoms with Gasteiger partial charge in [-0.25, -0.2) is 0 Å². The quantitative estimate of drug-likeness (QED) is 0.520. The Morgan fingerprint density at radius 1 is 1.44 bits per heavy atom. The Morgan fingerprint density at radius 2 is 2.00 bits per heavy atom. The van der Waals surface area contributed by atoms with E-state index in [-0.39, 0.29) is 0 Å². The normalized spacial score (nSPS) is 12.6. The van der Waals surface area contributed by atoms with Gasteiger partial charge in [0.25, 0.3) is 0 Å². The Kier molecular flexibility index (Phi) is 4.16. The average molecular weight is 143 g/mol. The van der Waals surface area contributed by atoms with Gasteiger partial charge in [-0.05, 0) is 19.9 Å². The van der Waals surface area contributed by atoms with Crippen LogP contribution in [0.3, 0.4) is 0 Å². The molecule has 0 amide bonds. The van der Waals surface area contributed by atoms with Crippen LogP contribution < -0.4 is 0 Å². The zero-order chi connectivity index (χ0) is 7.28. The fraction of sp³-hybridized carbons (Fsp3) is 0.250. The van der Waals surface area contributed by atoms with Crippen LogP contribution in [0.15, 0.2) is 35.4 Å². The van der Waals surface area contributed by atoms with Gasteiger partial charge in [0.15, 0.2) is 0 Å². The van der Waals surface area contributed by atoms with Crippen LogP contribution in [0.4, 0.5) is 0 Å². The van der Waals surface area contributed by atoms with Gasteiger partial charge < -0.3 is 0 Å². The summed E-state index contributed by atoms with van der Waals surface area (Å²) in [5.74, 6) is 0. The van der Waals surface area contributed by atoms with E-state index in [9.17, 15) is 0 Å². The van der Waals surface area contributed by atoms with E-state index in [4.69, 9.17) is 11.6 Å². The summed E-state index contributed by atoms with van der Waals surface area (Å²) in [4.78, 5) is 0. The van der Waals surface area contributed by atoms with Gasteiger partial charge in [-0.2, -0.15) is 0 Å². The molecule has 9 heavy (non-hydrogen) atoms. The second-order valence-corrected chi connectivity index (χ2v) is 2.56. The topological polar surface area (TPSA) is 0 Å². The molecule has 0 nitrogen and oxygen atoms in total. The Bertz CT molecular complexity index is 148. The molecule has 0 aliphatic carbocycles. The van der Waals surface area contributed by atoms with Crippen LogP contribution in [-0.2, 0) is 0 Å². The maximum Gasteiger partial charge on any atom is 0.0150 e. The third kappa shape index (κ3) is 7.51. The van der Waals surface area contributed by atoms with Gasteiger partial charge in [-0.15, -0.1) is 0 Å². The summed E-state index contributed by atoms with van der Waals surface area (Å²) >= 11 is 5.54. The molecule has 50 valence electrons. The van der Waals surface area contributed by atoms with Crippen molar-refractivity contribution in [2.45, 2.75) is 13.8 Å². The molecule has 0 atom stereocenters. The highest BCUT2D eigenvalue weighted by molar-refractivity contribution is 6.29. The van der Waals surface area contributed by atoms with Gasteiger partial charge in [-0.3, -0.25) is 0 Å². The van der Waals surface area contributed by atoms with Gasteiger partial charge >= 0.3 is 0 Å². The number of rotatable bonds is 2. The third-order valence-corrected chi connectivity index (χ3v) is 0.833. The molecule has 0 N–H and O–H groups in total. The summed E-state index contributed by atoms with van der Waals surface area (Å²) in [6.45, 7) is 7.47. The molecule has 0 aromatic carbocycles. The fourth-order valence-electron chi connectivity index (χ4n) is 0.345. The van der Waals surface area contributed by atoms with Crippen molar-refractivity contribution in [3.8, 4) is 0 Å². The minimum absolute atomic E-state index is 0.785. The third-order valence-electron chi connectivity index (χ3n) is 0.707. The first kappa shape index (κ1) is 8.51. The highest BCUT2D eigenvalue weighted by Crippen LogP contribution is 1.98. The number of halogens is 1. The SMILES string of the molecule is C=C(C)/C=C\C=C(/C)Cl. The molecular weight excluding hydrogens is 132 g/mol. The van der Waals surface area contributed by atoms with Crippen LogP contribution in [0, 0.1) is 0 Å². The minimum Gasteiger partial charge on any atom is -0.0961 e. The van der Waals surface area contributed by atoms with Crippen LogP contribution in [0.25, 0.3) is 0 Å². The van der Waals surface area contributed by atoms with Crippen LogP contribution >= 0.6 is 11.6 Å². The maximum absolute atomic E-state index is 5.54. The molecular formula is C8H11Cl. The molecule has 0 aromatic heterocycles. The molecule has 0 unspecified atom stereocenters. The van der Waals surface area contributed by atoms with Crippen molar-refractivity contribution < 1.29 is 0 Å². The summed E-state index contributed by atoms with van der Waals surface area (Å²) < 4.78 is 0. The summed E-state index contributed by atoms with van der Waals surface area (Å²) in [5, 5.41) is 0.785.